The summed E-state index contributed by atoms with van der Waals surface area (Å²) in [6, 6.07) is 8.89. The van der Waals surface area contributed by atoms with Gasteiger partial charge in [0, 0.05) is 12.1 Å². The van der Waals surface area contributed by atoms with Crippen molar-refractivity contribution in [3.63, 3.8) is 0 Å². The van der Waals surface area contributed by atoms with Crippen molar-refractivity contribution < 1.29 is 4.79 Å². The highest BCUT2D eigenvalue weighted by Gasteiger charge is 2.38. The molecule has 1 aromatic carbocycles. The summed E-state index contributed by atoms with van der Waals surface area (Å²) in [5.41, 5.74) is 0.982. The minimum Gasteiger partial charge on any atom is -0.345 e. The topological polar surface area (TPSA) is 56.1 Å². The van der Waals surface area contributed by atoms with Crippen LogP contribution < -0.4 is 5.32 Å². The van der Waals surface area contributed by atoms with E-state index in [1.807, 2.05) is 14.1 Å². The molecule has 1 aliphatic carbocycles. The Kier molecular flexibility index (Phi) is 3.87. The number of rotatable bonds is 4. The molecule has 4 heteroatoms. The molecule has 1 aliphatic rings. The van der Waals surface area contributed by atoms with Crippen LogP contribution in [0.15, 0.2) is 24.3 Å². The lowest BCUT2D eigenvalue weighted by Crippen LogP contribution is -2.58. The molecule has 1 amide bonds. The Bertz CT molecular complexity index is 512. The summed E-state index contributed by atoms with van der Waals surface area (Å²) in [5, 5.41) is 12.0. The van der Waals surface area contributed by atoms with E-state index in [1.54, 1.807) is 24.3 Å². The fourth-order valence-electron chi connectivity index (χ4n) is 2.57. The number of likely N-dealkylation sites (N-methyl/N-ethyl adjacent to an activating group) is 1. The van der Waals surface area contributed by atoms with Crippen molar-refractivity contribution in [2.24, 2.45) is 0 Å². The van der Waals surface area contributed by atoms with E-state index in [2.05, 4.69) is 16.3 Å². The van der Waals surface area contributed by atoms with Crippen LogP contribution in [0.2, 0.25) is 0 Å². The second-order valence-electron chi connectivity index (χ2n) is 5.52. The Morgan fingerprint density at radius 1 is 1.47 bits per heavy atom. The zero-order valence-corrected chi connectivity index (χ0v) is 11.4. The maximum atomic E-state index is 12.3. The summed E-state index contributed by atoms with van der Waals surface area (Å²) in [6.45, 7) is 0.858. The molecule has 0 saturated heterocycles. The molecular formula is C15H19N3O. The van der Waals surface area contributed by atoms with E-state index in [-0.39, 0.29) is 11.4 Å². The number of hydrogen-bond donors (Lipinski definition) is 1. The number of carbonyl (C=O) groups is 1. The van der Waals surface area contributed by atoms with Gasteiger partial charge in [-0.2, -0.15) is 5.26 Å². The third-order valence-electron chi connectivity index (χ3n) is 3.56. The van der Waals surface area contributed by atoms with E-state index in [9.17, 15) is 4.79 Å². The quantitative estimate of drug-likeness (QED) is 0.894. The van der Waals surface area contributed by atoms with Gasteiger partial charge in [0.1, 0.15) is 0 Å². The number of hydrogen-bond acceptors (Lipinski definition) is 3. The lowest BCUT2D eigenvalue weighted by molar-refractivity contribution is 0.0773. The van der Waals surface area contributed by atoms with Gasteiger partial charge in [0.25, 0.3) is 5.91 Å². The number of benzene rings is 1. The molecule has 1 saturated carbocycles. The van der Waals surface area contributed by atoms with Gasteiger partial charge in [0.05, 0.1) is 17.2 Å². The number of nitrogens with one attached hydrogen (secondary N) is 1. The highest BCUT2D eigenvalue weighted by Crippen LogP contribution is 2.32. The fraction of sp³-hybridized carbons (Fsp3) is 0.467. The Balaban J connectivity index is 2.09. The first-order chi connectivity index (χ1) is 9.04. The molecule has 0 aliphatic heterocycles. The lowest BCUT2D eigenvalue weighted by atomic mass is 9.76. The van der Waals surface area contributed by atoms with E-state index >= 15 is 0 Å². The van der Waals surface area contributed by atoms with Gasteiger partial charge in [-0.25, -0.2) is 0 Å². The molecule has 0 aromatic heterocycles. The molecule has 2 rings (SSSR count). The Morgan fingerprint density at radius 2 is 2.21 bits per heavy atom. The van der Waals surface area contributed by atoms with E-state index < -0.39 is 0 Å². The minimum atomic E-state index is -0.0940. The normalized spacial score (nSPS) is 16.5. The van der Waals surface area contributed by atoms with E-state index in [4.69, 9.17) is 5.26 Å². The molecule has 0 unspecified atom stereocenters. The van der Waals surface area contributed by atoms with Gasteiger partial charge in [-0.05, 0) is 51.6 Å². The molecule has 4 nitrogen and oxygen atoms in total. The third-order valence-corrected chi connectivity index (χ3v) is 3.56. The molecule has 0 bridgehead atoms. The van der Waals surface area contributed by atoms with E-state index in [0.29, 0.717) is 11.1 Å². The molecule has 100 valence electrons. The molecule has 1 aromatic rings. The van der Waals surface area contributed by atoms with Crippen LogP contribution in [0.5, 0.6) is 0 Å². The first kappa shape index (κ1) is 13.6. The average Bonchev–Trinajstić information content (AvgIpc) is 2.35. The summed E-state index contributed by atoms with van der Waals surface area (Å²) >= 11 is 0. The van der Waals surface area contributed by atoms with Crippen molar-refractivity contribution in [2.75, 3.05) is 20.6 Å². The van der Waals surface area contributed by atoms with Gasteiger partial charge in [-0.1, -0.05) is 6.07 Å². The molecular weight excluding hydrogens is 238 g/mol. The van der Waals surface area contributed by atoms with Crippen LogP contribution >= 0.6 is 0 Å². The second kappa shape index (κ2) is 5.41. The Hall–Kier alpha value is -1.86. The Morgan fingerprint density at radius 3 is 2.74 bits per heavy atom. The zero-order chi connectivity index (χ0) is 13.9. The third kappa shape index (κ3) is 3.12. The molecule has 0 atom stereocenters. The van der Waals surface area contributed by atoms with E-state index in [1.165, 1.54) is 0 Å². The predicted octanol–water partition coefficient (Wildman–Crippen LogP) is 1.77. The molecule has 0 heterocycles. The van der Waals surface area contributed by atoms with Gasteiger partial charge in [-0.15, -0.1) is 0 Å². The van der Waals surface area contributed by atoms with Crippen molar-refractivity contribution in [2.45, 2.75) is 24.8 Å². The highest BCUT2D eigenvalue weighted by molar-refractivity contribution is 5.95. The standard InChI is InChI=1S/C15H19N3O/c1-18(2)11-15(7-4-8-15)17-14(19)13-6-3-5-12(9-13)10-16/h3,5-6,9H,4,7-8,11H2,1-2H3,(H,17,19). The second-order valence-corrected chi connectivity index (χ2v) is 5.52. The number of amides is 1. The fourth-order valence-corrected chi connectivity index (χ4v) is 2.57. The maximum Gasteiger partial charge on any atom is 0.251 e. The van der Waals surface area contributed by atoms with E-state index in [0.717, 1.165) is 25.8 Å². The van der Waals surface area contributed by atoms with Crippen LogP contribution in [0.25, 0.3) is 0 Å². The van der Waals surface area contributed by atoms with Crippen molar-refractivity contribution in [3.05, 3.63) is 35.4 Å². The van der Waals surface area contributed by atoms with Gasteiger partial charge >= 0.3 is 0 Å². The summed E-state index contributed by atoms with van der Waals surface area (Å²) in [7, 11) is 4.03. The SMILES string of the molecule is CN(C)CC1(NC(=O)c2cccc(C#N)c2)CCC1. The van der Waals surface area contributed by atoms with Crippen LogP contribution in [-0.4, -0.2) is 37.0 Å². The van der Waals surface area contributed by atoms with Crippen molar-refractivity contribution in [1.29, 1.82) is 5.26 Å². The smallest absolute Gasteiger partial charge is 0.251 e. The number of carbonyl (C=O) groups excluding carboxylic acids is 1. The first-order valence-corrected chi connectivity index (χ1v) is 6.52. The van der Waals surface area contributed by atoms with Crippen molar-refractivity contribution >= 4 is 5.91 Å². The molecule has 19 heavy (non-hydrogen) atoms. The lowest BCUT2D eigenvalue weighted by Gasteiger charge is -2.44. The van der Waals surface area contributed by atoms with Gasteiger partial charge in [-0.3, -0.25) is 4.79 Å². The molecule has 1 N–H and O–H groups in total. The highest BCUT2D eigenvalue weighted by atomic mass is 16.1. The number of nitriles is 1. The number of nitrogens with zero attached hydrogens (tertiary/aromatic N) is 2. The summed E-state index contributed by atoms with van der Waals surface area (Å²) in [6.07, 6.45) is 3.20. The summed E-state index contributed by atoms with van der Waals surface area (Å²) < 4.78 is 0. The average molecular weight is 257 g/mol. The summed E-state index contributed by atoms with van der Waals surface area (Å²) in [5.74, 6) is -0.0846. The first-order valence-electron chi connectivity index (χ1n) is 6.52. The molecule has 0 spiro atoms. The molecule has 1 fully saturated rings. The monoisotopic (exact) mass is 257 g/mol. The van der Waals surface area contributed by atoms with Crippen molar-refractivity contribution in [3.8, 4) is 6.07 Å². The predicted molar refractivity (Wildman–Crippen MR) is 73.8 cm³/mol. The Labute approximate surface area is 114 Å². The van der Waals surface area contributed by atoms with Gasteiger partial charge in [0.2, 0.25) is 0 Å². The van der Waals surface area contributed by atoms with Crippen LogP contribution in [-0.2, 0) is 0 Å². The van der Waals surface area contributed by atoms with Gasteiger partial charge in [0.15, 0.2) is 0 Å². The largest absolute Gasteiger partial charge is 0.345 e. The van der Waals surface area contributed by atoms with Crippen LogP contribution in [0, 0.1) is 11.3 Å². The molecule has 0 radical (unpaired) electrons. The summed E-state index contributed by atoms with van der Waals surface area (Å²) in [4.78, 5) is 14.4. The minimum absolute atomic E-state index is 0.0846. The van der Waals surface area contributed by atoms with Crippen LogP contribution in [0.4, 0.5) is 0 Å². The van der Waals surface area contributed by atoms with Gasteiger partial charge < -0.3 is 10.2 Å². The van der Waals surface area contributed by atoms with Crippen LogP contribution in [0.1, 0.15) is 35.2 Å². The maximum absolute atomic E-state index is 12.3. The van der Waals surface area contributed by atoms with Crippen molar-refractivity contribution in [1.82, 2.24) is 10.2 Å². The zero-order valence-electron chi connectivity index (χ0n) is 11.4. The van der Waals surface area contributed by atoms with Crippen LogP contribution in [0.3, 0.4) is 0 Å².